The van der Waals surface area contributed by atoms with Crippen molar-refractivity contribution < 1.29 is 23.7 Å². The van der Waals surface area contributed by atoms with Gasteiger partial charge in [-0.15, -0.1) is 0 Å². The van der Waals surface area contributed by atoms with Gasteiger partial charge in [-0.05, 0) is 29.8 Å². The van der Waals surface area contributed by atoms with Crippen LogP contribution in [0, 0.1) is 0 Å². The van der Waals surface area contributed by atoms with E-state index < -0.39 is 24.5 Å². The molecule has 2 bridgehead atoms. The summed E-state index contributed by atoms with van der Waals surface area (Å²) in [7, 11) is 3.16. The van der Waals surface area contributed by atoms with Crippen LogP contribution in [0.5, 0.6) is 11.5 Å². The van der Waals surface area contributed by atoms with Crippen molar-refractivity contribution in [1.29, 1.82) is 0 Å². The Kier molecular flexibility index (Phi) is 4.35. The molecule has 2 fully saturated rings. The van der Waals surface area contributed by atoms with E-state index in [-0.39, 0.29) is 6.10 Å². The first-order valence-corrected chi connectivity index (χ1v) is 6.91. The number of benzene rings is 1. The molecule has 0 aromatic heterocycles. The van der Waals surface area contributed by atoms with E-state index >= 15 is 0 Å². The van der Waals surface area contributed by atoms with Crippen LogP contribution in [0.4, 0.5) is 0 Å². The second-order valence-electron chi connectivity index (χ2n) is 5.03. The largest absolute Gasteiger partial charge is 0.497 e. The second-order valence-corrected chi connectivity index (χ2v) is 5.03. The summed E-state index contributed by atoms with van der Waals surface area (Å²) in [5.74, 6) is 1.40. The van der Waals surface area contributed by atoms with Gasteiger partial charge in [0.05, 0.1) is 13.7 Å². The van der Waals surface area contributed by atoms with Crippen LogP contribution in [0.3, 0.4) is 0 Å². The fraction of sp³-hybridized carbons (Fsp3) is 0.571. The normalized spacial score (nSPS) is 33.1. The van der Waals surface area contributed by atoms with Crippen LogP contribution in [0.2, 0.25) is 0 Å². The molecule has 1 aromatic carbocycles. The van der Waals surface area contributed by atoms with Crippen molar-refractivity contribution in [3.05, 3.63) is 34.7 Å². The van der Waals surface area contributed by atoms with Crippen LogP contribution in [-0.2, 0) is 14.2 Å². The Morgan fingerprint density at radius 3 is 2.55 bits per heavy atom. The molecule has 8 heteroatoms. The van der Waals surface area contributed by atoms with Gasteiger partial charge in [-0.3, -0.25) is 0 Å². The molecule has 2 aliphatic rings. The maximum absolute atomic E-state index is 8.73. The molecule has 2 saturated heterocycles. The molecule has 118 valence electrons. The highest BCUT2D eigenvalue weighted by Gasteiger charge is 2.52. The van der Waals surface area contributed by atoms with Crippen LogP contribution in [-0.4, -0.2) is 51.5 Å². The van der Waals surface area contributed by atoms with Gasteiger partial charge in [-0.2, -0.15) is 0 Å². The first kappa shape index (κ1) is 14.9. The highest BCUT2D eigenvalue weighted by Crippen LogP contribution is 2.34. The quantitative estimate of drug-likeness (QED) is 0.470. The van der Waals surface area contributed by atoms with E-state index in [1.54, 1.807) is 38.5 Å². The standard InChI is InChI=1S/C14H17N3O5/c1-18-8-3-5-9(6-4-8)21-12-10-7-20-14(22-10)11(16-17-15)13(12)19-2/h3-6,10-14H,7H2,1-2H3/t10-,11-,12-,13-,14-/m1/s1. The second kappa shape index (κ2) is 6.41. The molecule has 3 rings (SSSR count). The Morgan fingerprint density at radius 1 is 1.18 bits per heavy atom. The molecule has 8 nitrogen and oxygen atoms in total. The van der Waals surface area contributed by atoms with E-state index in [0.717, 1.165) is 5.75 Å². The number of hydrogen-bond donors (Lipinski definition) is 0. The lowest BCUT2D eigenvalue weighted by molar-refractivity contribution is -0.178. The molecule has 0 unspecified atom stereocenters. The summed E-state index contributed by atoms with van der Waals surface area (Å²) in [6, 6.07) is 6.63. The molecule has 22 heavy (non-hydrogen) atoms. The molecular weight excluding hydrogens is 290 g/mol. The van der Waals surface area contributed by atoms with Crippen LogP contribution in [0.25, 0.3) is 10.4 Å². The first-order valence-electron chi connectivity index (χ1n) is 6.91. The summed E-state index contributed by atoms with van der Waals surface area (Å²) < 4.78 is 27.8. The third-order valence-corrected chi connectivity index (χ3v) is 3.83. The lowest BCUT2D eigenvalue weighted by Gasteiger charge is -2.38. The highest BCUT2D eigenvalue weighted by atomic mass is 16.7. The van der Waals surface area contributed by atoms with Crippen molar-refractivity contribution in [3.63, 3.8) is 0 Å². The van der Waals surface area contributed by atoms with Gasteiger partial charge >= 0.3 is 0 Å². The Labute approximate surface area is 127 Å². The van der Waals surface area contributed by atoms with E-state index in [4.69, 9.17) is 29.2 Å². The van der Waals surface area contributed by atoms with Gasteiger partial charge in [0, 0.05) is 12.0 Å². The molecular formula is C14H17N3O5. The number of ether oxygens (including phenoxy) is 5. The van der Waals surface area contributed by atoms with E-state index in [0.29, 0.717) is 12.4 Å². The molecule has 2 heterocycles. The average molecular weight is 307 g/mol. The zero-order valence-electron chi connectivity index (χ0n) is 12.3. The van der Waals surface area contributed by atoms with Crippen LogP contribution in [0.1, 0.15) is 0 Å². The third-order valence-electron chi connectivity index (χ3n) is 3.83. The van der Waals surface area contributed by atoms with E-state index in [2.05, 4.69) is 10.0 Å². The Bertz CT molecular complexity index is 560. The predicted octanol–water partition coefficient (Wildman–Crippen LogP) is 1.89. The van der Waals surface area contributed by atoms with E-state index in [9.17, 15) is 0 Å². The zero-order valence-corrected chi connectivity index (χ0v) is 12.3. The van der Waals surface area contributed by atoms with Crippen molar-refractivity contribution >= 4 is 0 Å². The zero-order chi connectivity index (χ0) is 15.5. The smallest absolute Gasteiger partial charge is 0.169 e. The maximum Gasteiger partial charge on any atom is 0.169 e. The fourth-order valence-corrected chi connectivity index (χ4v) is 2.76. The summed E-state index contributed by atoms with van der Waals surface area (Å²) in [5, 5.41) is 3.74. The molecule has 0 N–H and O–H groups in total. The van der Waals surface area contributed by atoms with Gasteiger partial charge in [-0.1, -0.05) is 5.11 Å². The van der Waals surface area contributed by atoms with Gasteiger partial charge in [0.25, 0.3) is 0 Å². The van der Waals surface area contributed by atoms with Crippen LogP contribution in [0.15, 0.2) is 29.4 Å². The predicted molar refractivity (Wildman–Crippen MR) is 75.8 cm³/mol. The SMILES string of the molecule is COc1ccc(O[C@H]2[C@H](OC)[C@@H](N=[N+]=[N-])[C@@H]3OC[C@H]2O3)cc1. The molecule has 0 radical (unpaired) electrons. The molecule has 0 aliphatic carbocycles. The van der Waals surface area contributed by atoms with Gasteiger partial charge in [-0.25, -0.2) is 0 Å². The van der Waals surface area contributed by atoms with Crippen molar-refractivity contribution in [1.82, 2.24) is 0 Å². The van der Waals surface area contributed by atoms with Gasteiger partial charge in [0.15, 0.2) is 12.4 Å². The lowest BCUT2D eigenvalue weighted by atomic mass is 9.99. The van der Waals surface area contributed by atoms with Crippen molar-refractivity contribution in [2.45, 2.75) is 30.6 Å². The Balaban J connectivity index is 1.81. The average Bonchev–Trinajstić information content (AvgIpc) is 2.99. The minimum Gasteiger partial charge on any atom is -0.497 e. The number of rotatable bonds is 5. The minimum atomic E-state index is -0.586. The summed E-state index contributed by atoms with van der Waals surface area (Å²) in [4.78, 5) is 2.85. The molecule has 0 saturated carbocycles. The Morgan fingerprint density at radius 2 is 1.91 bits per heavy atom. The molecule has 0 amide bonds. The first-order chi connectivity index (χ1) is 10.8. The number of hydrogen-bond acceptors (Lipinski definition) is 6. The van der Waals surface area contributed by atoms with Crippen LogP contribution >= 0.6 is 0 Å². The summed E-state index contributed by atoms with van der Waals surface area (Å²) >= 11 is 0. The molecule has 0 spiro atoms. The highest BCUT2D eigenvalue weighted by molar-refractivity contribution is 5.31. The topological polar surface area (TPSA) is 94.9 Å². The number of methoxy groups -OCH3 is 2. The minimum absolute atomic E-state index is 0.262. The fourth-order valence-electron chi connectivity index (χ4n) is 2.76. The molecule has 1 aromatic rings. The molecule has 5 atom stereocenters. The number of fused-ring (bicyclic) bond motifs is 2. The summed E-state index contributed by atoms with van der Waals surface area (Å²) in [6.45, 7) is 0.378. The van der Waals surface area contributed by atoms with E-state index in [1.807, 2.05) is 0 Å². The van der Waals surface area contributed by atoms with Gasteiger partial charge in [0.2, 0.25) is 0 Å². The third kappa shape index (κ3) is 2.69. The van der Waals surface area contributed by atoms with Gasteiger partial charge < -0.3 is 23.7 Å². The molecule has 2 aliphatic heterocycles. The summed E-state index contributed by atoms with van der Waals surface area (Å²) in [6.07, 6.45) is -1.71. The lowest BCUT2D eigenvalue weighted by Crippen LogP contribution is -2.56. The van der Waals surface area contributed by atoms with Crippen molar-refractivity contribution in [3.8, 4) is 11.5 Å². The number of azide groups is 1. The van der Waals surface area contributed by atoms with E-state index in [1.165, 1.54) is 0 Å². The number of nitrogens with zero attached hydrogens (tertiary/aromatic N) is 3. The Hall–Kier alpha value is -1.99. The van der Waals surface area contributed by atoms with Crippen molar-refractivity contribution in [2.75, 3.05) is 20.8 Å². The summed E-state index contributed by atoms with van der Waals surface area (Å²) in [5.41, 5.74) is 8.73. The maximum atomic E-state index is 8.73. The van der Waals surface area contributed by atoms with Crippen molar-refractivity contribution in [2.24, 2.45) is 5.11 Å². The monoisotopic (exact) mass is 307 g/mol. The van der Waals surface area contributed by atoms with Gasteiger partial charge in [0.1, 0.15) is 29.7 Å². The van der Waals surface area contributed by atoms with Crippen LogP contribution < -0.4 is 9.47 Å².